The van der Waals surface area contributed by atoms with Crippen molar-refractivity contribution in [3.8, 4) is 11.4 Å². The minimum Gasteiger partial charge on any atom is -0.467 e. The maximum absolute atomic E-state index is 12.3. The van der Waals surface area contributed by atoms with Crippen LogP contribution in [0.15, 0.2) is 52.5 Å². The zero-order valence-corrected chi connectivity index (χ0v) is 15.1. The van der Waals surface area contributed by atoms with Gasteiger partial charge in [0.2, 0.25) is 5.91 Å². The second-order valence-electron chi connectivity index (χ2n) is 6.26. The van der Waals surface area contributed by atoms with Gasteiger partial charge >= 0.3 is 0 Å². The molecule has 0 aliphatic heterocycles. The molecular formula is C18H19N5O2S. The lowest BCUT2D eigenvalue weighted by Gasteiger charge is -2.13. The zero-order chi connectivity index (χ0) is 17.9. The van der Waals surface area contributed by atoms with Crippen molar-refractivity contribution in [1.82, 2.24) is 25.1 Å². The molecule has 3 aromatic heterocycles. The van der Waals surface area contributed by atoms with Gasteiger partial charge in [0.25, 0.3) is 0 Å². The first-order chi connectivity index (χ1) is 12.7. The Morgan fingerprint density at radius 2 is 2.27 bits per heavy atom. The smallest absolute Gasteiger partial charge is 0.233 e. The molecule has 0 saturated heterocycles. The summed E-state index contributed by atoms with van der Waals surface area (Å²) in [5.41, 5.74) is 0.869. The zero-order valence-electron chi connectivity index (χ0n) is 14.3. The highest BCUT2D eigenvalue weighted by molar-refractivity contribution is 8.00. The predicted molar refractivity (Wildman–Crippen MR) is 97.5 cm³/mol. The number of aromatic nitrogens is 4. The number of carbonyl (C=O) groups is 1. The van der Waals surface area contributed by atoms with E-state index in [2.05, 4.69) is 20.5 Å². The van der Waals surface area contributed by atoms with E-state index in [1.165, 1.54) is 11.8 Å². The number of amides is 1. The molecule has 0 spiro atoms. The fourth-order valence-electron chi connectivity index (χ4n) is 2.54. The largest absolute Gasteiger partial charge is 0.467 e. The van der Waals surface area contributed by atoms with Crippen LogP contribution in [0.2, 0.25) is 0 Å². The summed E-state index contributed by atoms with van der Waals surface area (Å²) in [6, 6.07) is 7.90. The molecule has 1 atom stereocenters. The Labute approximate surface area is 155 Å². The molecule has 0 unspecified atom stereocenters. The summed E-state index contributed by atoms with van der Waals surface area (Å²) in [6.45, 7) is 2.38. The minimum absolute atomic E-state index is 0.0352. The molecule has 1 saturated carbocycles. The summed E-state index contributed by atoms with van der Waals surface area (Å²) in [6.07, 6.45) is 7.25. The van der Waals surface area contributed by atoms with Gasteiger partial charge in [-0.05, 0) is 44.0 Å². The third-order valence-electron chi connectivity index (χ3n) is 4.11. The molecule has 8 heteroatoms. The lowest BCUT2D eigenvalue weighted by atomic mass is 10.2. The minimum atomic E-state index is -0.253. The van der Waals surface area contributed by atoms with E-state index in [0.717, 1.165) is 24.2 Å². The van der Waals surface area contributed by atoms with Gasteiger partial charge in [0, 0.05) is 24.0 Å². The van der Waals surface area contributed by atoms with Gasteiger partial charge in [-0.15, -0.1) is 10.2 Å². The SMILES string of the molecule is C[C@@H](Sc1nnc(-c2cccnc2)n1Cc1ccco1)C(=O)NC1CC1. The van der Waals surface area contributed by atoms with Crippen LogP contribution in [0.4, 0.5) is 0 Å². The molecule has 26 heavy (non-hydrogen) atoms. The van der Waals surface area contributed by atoms with Gasteiger partial charge in [-0.25, -0.2) is 0 Å². The number of nitrogens with zero attached hydrogens (tertiary/aromatic N) is 4. The molecule has 1 fully saturated rings. The van der Waals surface area contributed by atoms with Gasteiger partial charge in [-0.1, -0.05) is 11.8 Å². The number of nitrogens with one attached hydrogen (secondary N) is 1. The first-order valence-electron chi connectivity index (χ1n) is 8.53. The van der Waals surface area contributed by atoms with Gasteiger partial charge in [0.15, 0.2) is 11.0 Å². The van der Waals surface area contributed by atoms with Crippen molar-refractivity contribution in [2.75, 3.05) is 0 Å². The van der Waals surface area contributed by atoms with E-state index >= 15 is 0 Å². The number of carbonyl (C=O) groups excluding carboxylic acids is 1. The highest BCUT2D eigenvalue weighted by atomic mass is 32.2. The fourth-order valence-corrected chi connectivity index (χ4v) is 3.40. The molecule has 1 amide bonds. The molecule has 4 rings (SSSR count). The quantitative estimate of drug-likeness (QED) is 0.645. The summed E-state index contributed by atoms with van der Waals surface area (Å²) in [7, 11) is 0. The summed E-state index contributed by atoms with van der Waals surface area (Å²) in [5.74, 6) is 1.53. The van der Waals surface area contributed by atoms with Crippen molar-refractivity contribution in [3.05, 3.63) is 48.7 Å². The van der Waals surface area contributed by atoms with E-state index in [4.69, 9.17) is 4.42 Å². The highest BCUT2D eigenvalue weighted by Crippen LogP contribution is 2.28. The molecule has 1 aliphatic rings. The molecule has 3 heterocycles. The molecule has 0 bridgehead atoms. The fraction of sp³-hybridized carbons (Fsp3) is 0.333. The van der Waals surface area contributed by atoms with Crippen LogP contribution in [0.1, 0.15) is 25.5 Å². The summed E-state index contributed by atoms with van der Waals surface area (Å²) in [5, 5.41) is 12.1. The van der Waals surface area contributed by atoms with Crippen LogP contribution in [0.5, 0.6) is 0 Å². The monoisotopic (exact) mass is 369 g/mol. The molecule has 0 aromatic carbocycles. The Bertz CT molecular complexity index is 874. The highest BCUT2D eigenvalue weighted by Gasteiger charge is 2.27. The van der Waals surface area contributed by atoms with E-state index in [1.54, 1.807) is 18.7 Å². The third kappa shape index (κ3) is 3.80. The van der Waals surface area contributed by atoms with E-state index in [1.807, 2.05) is 35.8 Å². The first-order valence-corrected chi connectivity index (χ1v) is 9.41. The van der Waals surface area contributed by atoms with Crippen LogP contribution in [0.3, 0.4) is 0 Å². The van der Waals surface area contributed by atoms with Crippen LogP contribution in [0.25, 0.3) is 11.4 Å². The van der Waals surface area contributed by atoms with Gasteiger partial charge in [-0.3, -0.25) is 14.3 Å². The Kier molecular flexibility index (Phi) is 4.75. The average Bonchev–Trinajstić information content (AvgIpc) is 3.16. The van der Waals surface area contributed by atoms with Gasteiger partial charge in [-0.2, -0.15) is 0 Å². The van der Waals surface area contributed by atoms with E-state index in [9.17, 15) is 4.79 Å². The Hall–Kier alpha value is -2.61. The van der Waals surface area contributed by atoms with Crippen molar-refractivity contribution < 1.29 is 9.21 Å². The number of rotatable bonds is 7. The second-order valence-corrected chi connectivity index (χ2v) is 7.56. The predicted octanol–water partition coefficient (Wildman–Crippen LogP) is 2.74. The molecule has 1 N–H and O–H groups in total. The van der Waals surface area contributed by atoms with Crippen molar-refractivity contribution in [1.29, 1.82) is 0 Å². The van der Waals surface area contributed by atoms with Crippen LogP contribution < -0.4 is 5.32 Å². The first kappa shape index (κ1) is 16.8. The van der Waals surface area contributed by atoms with Crippen molar-refractivity contribution >= 4 is 17.7 Å². The molecule has 1 aliphatic carbocycles. The Morgan fingerprint density at radius 3 is 2.96 bits per heavy atom. The van der Waals surface area contributed by atoms with Crippen molar-refractivity contribution in [2.45, 2.75) is 42.8 Å². The lowest BCUT2D eigenvalue weighted by molar-refractivity contribution is -0.120. The molecule has 3 aromatic rings. The van der Waals surface area contributed by atoms with Crippen molar-refractivity contribution in [3.63, 3.8) is 0 Å². The average molecular weight is 369 g/mol. The number of pyridine rings is 1. The van der Waals surface area contributed by atoms with E-state index in [-0.39, 0.29) is 11.2 Å². The maximum Gasteiger partial charge on any atom is 0.233 e. The molecule has 7 nitrogen and oxygen atoms in total. The molecule has 0 radical (unpaired) electrons. The Morgan fingerprint density at radius 1 is 1.38 bits per heavy atom. The van der Waals surface area contributed by atoms with Crippen LogP contribution in [0, 0.1) is 0 Å². The van der Waals surface area contributed by atoms with E-state index < -0.39 is 0 Å². The topological polar surface area (TPSA) is 85.8 Å². The number of thioether (sulfide) groups is 1. The summed E-state index contributed by atoms with van der Waals surface area (Å²) >= 11 is 1.40. The molecule has 134 valence electrons. The number of hydrogen-bond donors (Lipinski definition) is 1. The van der Waals surface area contributed by atoms with Crippen LogP contribution in [-0.4, -0.2) is 36.9 Å². The van der Waals surface area contributed by atoms with Gasteiger partial charge in [0.1, 0.15) is 5.76 Å². The maximum atomic E-state index is 12.3. The number of furan rings is 1. The van der Waals surface area contributed by atoms with E-state index in [0.29, 0.717) is 23.6 Å². The standard InChI is InChI=1S/C18H19N5O2S/c1-12(17(24)20-14-6-7-14)26-18-22-21-16(13-4-2-8-19-10-13)23(18)11-15-5-3-9-25-15/h2-5,8-10,12,14H,6-7,11H2,1H3,(H,20,24)/t12-/m1/s1. The lowest BCUT2D eigenvalue weighted by Crippen LogP contribution is -2.32. The Balaban J connectivity index is 1.60. The summed E-state index contributed by atoms with van der Waals surface area (Å²) < 4.78 is 7.45. The van der Waals surface area contributed by atoms with Crippen molar-refractivity contribution in [2.24, 2.45) is 0 Å². The second kappa shape index (κ2) is 7.33. The van der Waals surface area contributed by atoms with Crippen LogP contribution >= 0.6 is 11.8 Å². The van der Waals surface area contributed by atoms with Crippen LogP contribution in [-0.2, 0) is 11.3 Å². The summed E-state index contributed by atoms with van der Waals surface area (Å²) in [4.78, 5) is 16.4. The third-order valence-corrected chi connectivity index (χ3v) is 5.19. The normalized spacial score (nSPS) is 15.0. The molecular weight excluding hydrogens is 350 g/mol. The van der Waals surface area contributed by atoms with Gasteiger partial charge in [0.05, 0.1) is 18.1 Å². The van der Waals surface area contributed by atoms with Gasteiger partial charge < -0.3 is 9.73 Å². The number of hydrogen-bond acceptors (Lipinski definition) is 6.